The van der Waals surface area contributed by atoms with Crippen LogP contribution in [0.5, 0.6) is 0 Å². The number of nitrogens with zero attached hydrogens (tertiary/aromatic N) is 1. The molecule has 48 valence electrons. The zero-order valence-electron chi connectivity index (χ0n) is 4.91. The normalized spacial score (nSPS) is 16.3. The predicted octanol–water partition coefficient (Wildman–Crippen LogP) is 0.00780. The molecule has 1 rings (SSSR count). The van der Waals surface area contributed by atoms with E-state index in [1.54, 1.807) is 24.8 Å². The van der Waals surface area contributed by atoms with Crippen LogP contribution in [0.4, 0.5) is 0 Å². The lowest BCUT2D eigenvalue weighted by Crippen LogP contribution is -1.97. The number of aliphatic hydroxyl groups excluding tert-OH is 1. The standard InChI is InChI=1S/C6H8N2O/c9-5-6-3-7-1-2-8-4-6/h1-4,7,9H,5H2. The van der Waals surface area contributed by atoms with E-state index in [0.29, 0.717) is 0 Å². The molecule has 1 aliphatic heterocycles. The van der Waals surface area contributed by atoms with E-state index in [-0.39, 0.29) is 6.61 Å². The third-order valence-corrected chi connectivity index (χ3v) is 0.948. The van der Waals surface area contributed by atoms with Crippen LogP contribution in [-0.4, -0.2) is 17.9 Å². The van der Waals surface area contributed by atoms with Gasteiger partial charge in [0.1, 0.15) is 0 Å². The molecule has 0 aliphatic carbocycles. The first-order chi connectivity index (χ1) is 4.43. The summed E-state index contributed by atoms with van der Waals surface area (Å²) in [7, 11) is 0. The van der Waals surface area contributed by atoms with E-state index < -0.39 is 0 Å². The minimum atomic E-state index is 0.0260. The fraction of sp³-hybridized carbons (Fsp3) is 0.167. The molecular weight excluding hydrogens is 116 g/mol. The van der Waals surface area contributed by atoms with Crippen molar-refractivity contribution >= 4 is 6.21 Å². The molecule has 0 saturated heterocycles. The Balaban J connectivity index is 2.63. The van der Waals surface area contributed by atoms with Crippen molar-refractivity contribution in [3.8, 4) is 0 Å². The lowest BCUT2D eigenvalue weighted by molar-refractivity contribution is 0.337. The highest BCUT2D eigenvalue weighted by Crippen LogP contribution is 1.89. The zero-order chi connectivity index (χ0) is 6.53. The van der Waals surface area contributed by atoms with Gasteiger partial charge in [0.2, 0.25) is 0 Å². The van der Waals surface area contributed by atoms with Gasteiger partial charge in [-0.15, -0.1) is 0 Å². The molecule has 0 fully saturated rings. The molecule has 3 heteroatoms. The van der Waals surface area contributed by atoms with Crippen LogP contribution < -0.4 is 5.32 Å². The fourth-order valence-electron chi connectivity index (χ4n) is 0.504. The van der Waals surface area contributed by atoms with Gasteiger partial charge in [0.15, 0.2) is 0 Å². The van der Waals surface area contributed by atoms with E-state index in [1.165, 1.54) is 0 Å². The average molecular weight is 124 g/mol. The zero-order valence-corrected chi connectivity index (χ0v) is 4.91. The van der Waals surface area contributed by atoms with Crippen molar-refractivity contribution in [3.05, 3.63) is 24.2 Å². The highest BCUT2D eigenvalue weighted by molar-refractivity contribution is 5.79. The van der Waals surface area contributed by atoms with Crippen molar-refractivity contribution in [3.63, 3.8) is 0 Å². The molecule has 0 aromatic carbocycles. The van der Waals surface area contributed by atoms with Crippen molar-refractivity contribution in [2.45, 2.75) is 0 Å². The molecule has 0 atom stereocenters. The third kappa shape index (κ3) is 1.70. The Labute approximate surface area is 53.4 Å². The number of aliphatic imine (C=N–C) groups is 1. The van der Waals surface area contributed by atoms with Gasteiger partial charge in [-0.3, -0.25) is 4.99 Å². The second-order valence-electron chi connectivity index (χ2n) is 1.64. The summed E-state index contributed by atoms with van der Waals surface area (Å²) >= 11 is 0. The van der Waals surface area contributed by atoms with Crippen molar-refractivity contribution in [2.75, 3.05) is 6.61 Å². The van der Waals surface area contributed by atoms with Gasteiger partial charge in [-0.05, 0) is 0 Å². The molecule has 1 aliphatic rings. The van der Waals surface area contributed by atoms with E-state index >= 15 is 0 Å². The van der Waals surface area contributed by atoms with Crippen molar-refractivity contribution in [1.82, 2.24) is 5.32 Å². The monoisotopic (exact) mass is 124 g/mol. The summed E-state index contributed by atoms with van der Waals surface area (Å²) in [5, 5.41) is 11.4. The smallest absolute Gasteiger partial charge is 0.0711 e. The first kappa shape index (κ1) is 6.04. The lowest BCUT2D eigenvalue weighted by Gasteiger charge is -1.90. The first-order valence-corrected chi connectivity index (χ1v) is 2.67. The molecule has 0 spiro atoms. The van der Waals surface area contributed by atoms with Gasteiger partial charge in [0, 0.05) is 30.4 Å². The minimum Gasteiger partial charge on any atom is -0.392 e. The van der Waals surface area contributed by atoms with Crippen LogP contribution in [0.1, 0.15) is 0 Å². The number of hydrogen-bond donors (Lipinski definition) is 2. The fourth-order valence-corrected chi connectivity index (χ4v) is 0.504. The number of rotatable bonds is 1. The molecule has 0 amide bonds. The van der Waals surface area contributed by atoms with E-state index in [1.807, 2.05) is 0 Å². The summed E-state index contributed by atoms with van der Waals surface area (Å²) in [4.78, 5) is 3.83. The Bertz CT molecular complexity index is 170. The maximum absolute atomic E-state index is 8.59. The van der Waals surface area contributed by atoms with Crippen LogP contribution in [-0.2, 0) is 0 Å². The van der Waals surface area contributed by atoms with Gasteiger partial charge >= 0.3 is 0 Å². The number of hydrogen-bond acceptors (Lipinski definition) is 3. The summed E-state index contributed by atoms with van der Waals surface area (Å²) in [6.45, 7) is 0.0260. The second kappa shape index (κ2) is 3.04. The van der Waals surface area contributed by atoms with Gasteiger partial charge < -0.3 is 10.4 Å². The van der Waals surface area contributed by atoms with E-state index in [2.05, 4.69) is 10.3 Å². The maximum Gasteiger partial charge on any atom is 0.0711 e. The van der Waals surface area contributed by atoms with Crippen LogP contribution in [0.2, 0.25) is 0 Å². The van der Waals surface area contributed by atoms with Crippen LogP contribution in [0.3, 0.4) is 0 Å². The Hall–Kier alpha value is -1.09. The summed E-state index contributed by atoms with van der Waals surface area (Å²) in [6.07, 6.45) is 6.63. The summed E-state index contributed by atoms with van der Waals surface area (Å²) in [5.41, 5.74) is 0.778. The lowest BCUT2D eigenvalue weighted by atomic mass is 10.3. The molecule has 0 saturated carbocycles. The molecule has 0 aromatic heterocycles. The summed E-state index contributed by atoms with van der Waals surface area (Å²) in [6, 6.07) is 0. The Kier molecular flexibility index (Phi) is 2.04. The molecular formula is C6H8N2O. The van der Waals surface area contributed by atoms with Crippen LogP contribution in [0.15, 0.2) is 29.2 Å². The Morgan fingerprint density at radius 1 is 1.67 bits per heavy atom. The van der Waals surface area contributed by atoms with E-state index in [9.17, 15) is 0 Å². The maximum atomic E-state index is 8.59. The first-order valence-electron chi connectivity index (χ1n) is 2.67. The summed E-state index contributed by atoms with van der Waals surface area (Å²) in [5.74, 6) is 0. The van der Waals surface area contributed by atoms with Crippen LogP contribution in [0, 0.1) is 0 Å². The summed E-state index contributed by atoms with van der Waals surface area (Å²) < 4.78 is 0. The number of nitrogens with one attached hydrogen (secondary N) is 1. The molecule has 9 heavy (non-hydrogen) atoms. The van der Waals surface area contributed by atoms with E-state index in [0.717, 1.165) is 5.57 Å². The average Bonchev–Trinajstić information content (AvgIpc) is 2.13. The van der Waals surface area contributed by atoms with Crippen molar-refractivity contribution in [1.29, 1.82) is 0 Å². The Morgan fingerprint density at radius 3 is 3.33 bits per heavy atom. The molecule has 0 bridgehead atoms. The van der Waals surface area contributed by atoms with Gasteiger partial charge in [-0.1, -0.05) is 0 Å². The molecule has 0 radical (unpaired) electrons. The van der Waals surface area contributed by atoms with E-state index in [4.69, 9.17) is 5.11 Å². The highest BCUT2D eigenvalue weighted by Gasteiger charge is 1.88. The van der Waals surface area contributed by atoms with Gasteiger partial charge in [0.25, 0.3) is 0 Å². The topological polar surface area (TPSA) is 44.6 Å². The molecule has 1 heterocycles. The SMILES string of the molecule is OCC1=CNC=CN=C1. The largest absolute Gasteiger partial charge is 0.392 e. The van der Waals surface area contributed by atoms with Crippen LogP contribution in [0.25, 0.3) is 0 Å². The highest BCUT2D eigenvalue weighted by atomic mass is 16.3. The third-order valence-electron chi connectivity index (χ3n) is 0.948. The van der Waals surface area contributed by atoms with Crippen molar-refractivity contribution in [2.24, 2.45) is 4.99 Å². The molecule has 3 nitrogen and oxygen atoms in total. The molecule has 0 aromatic rings. The number of aliphatic hydroxyl groups is 1. The van der Waals surface area contributed by atoms with Crippen LogP contribution >= 0.6 is 0 Å². The van der Waals surface area contributed by atoms with Gasteiger partial charge in [-0.25, -0.2) is 0 Å². The Morgan fingerprint density at radius 2 is 2.56 bits per heavy atom. The van der Waals surface area contributed by atoms with Gasteiger partial charge in [0.05, 0.1) is 6.61 Å². The minimum absolute atomic E-state index is 0.0260. The van der Waals surface area contributed by atoms with Crippen molar-refractivity contribution < 1.29 is 5.11 Å². The second-order valence-corrected chi connectivity index (χ2v) is 1.64. The molecule has 2 N–H and O–H groups in total. The molecule has 0 unspecified atom stereocenters. The quantitative estimate of drug-likeness (QED) is 0.517. The van der Waals surface area contributed by atoms with Gasteiger partial charge in [-0.2, -0.15) is 0 Å². The predicted molar refractivity (Wildman–Crippen MR) is 35.9 cm³/mol.